The lowest BCUT2D eigenvalue weighted by Crippen LogP contribution is -2.30. The molecule has 0 amide bonds. The molecule has 0 spiro atoms. The molecule has 0 radical (unpaired) electrons. The Morgan fingerprint density at radius 3 is 2.90 bits per heavy atom. The fraction of sp³-hybridized carbons (Fsp3) is 0.556. The van der Waals surface area contributed by atoms with Crippen LogP contribution in [0.3, 0.4) is 0 Å². The van der Waals surface area contributed by atoms with E-state index < -0.39 is 0 Å². The fourth-order valence-electron chi connectivity index (χ4n) is 3.36. The number of fused-ring (bicyclic) bond motifs is 1. The van der Waals surface area contributed by atoms with E-state index in [-0.39, 0.29) is 0 Å². The van der Waals surface area contributed by atoms with Gasteiger partial charge in [-0.1, -0.05) is 38.0 Å². The fourth-order valence-corrected chi connectivity index (χ4v) is 3.36. The van der Waals surface area contributed by atoms with E-state index in [2.05, 4.69) is 36.5 Å². The minimum atomic E-state index is 0.583. The lowest BCUT2D eigenvalue weighted by Gasteiger charge is -2.19. The normalized spacial score (nSPS) is 23.9. The van der Waals surface area contributed by atoms with E-state index in [0.29, 0.717) is 12.0 Å². The molecule has 0 saturated heterocycles. The van der Waals surface area contributed by atoms with Gasteiger partial charge in [0.15, 0.2) is 0 Å². The van der Waals surface area contributed by atoms with E-state index in [4.69, 9.17) is 4.42 Å². The van der Waals surface area contributed by atoms with Gasteiger partial charge in [0.05, 0.1) is 0 Å². The summed E-state index contributed by atoms with van der Waals surface area (Å²) in [6, 6.07) is 11.3. The number of rotatable bonds is 4. The van der Waals surface area contributed by atoms with Gasteiger partial charge in [-0.2, -0.15) is 0 Å². The SMILES string of the molecule is CCCNC1CCCCC(c2cc3ccccc3o2)C1. The molecule has 108 valence electrons. The van der Waals surface area contributed by atoms with Crippen LogP contribution >= 0.6 is 0 Å². The van der Waals surface area contributed by atoms with Crippen molar-refractivity contribution in [2.24, 2.45) is 0 Å². The van der Waals surface area contributed by atoms with Gasteiger partial charge in [0.2, 0.25) is 0 Å². The third kappa shape index (κ3) is 3.06. The van der Waals surface area contributed by atoms with Crippen molar-refractivity contribution in [3.63, 3.8) is 0 Å². The van der Waals surface area contributed by atoms with Gasteiger partial charge in [-0.15, -0.1) is 0 Å². The molecule has 1 saturated carbocycles. The molecule has 0 bridgehead atoms. The smallest absolute Gasteiger partial charge is 0.134 e. The third-order valence-corrected chi connectivity index (χ3v) is 4.45. The summed E-state index contributed by atoms with van der Waals surface area (Å²) in [7, 11) is 0. The summed E-state index contributed by atoms with van der Waals surface area (Å²) < 4.78 is 6.09. The third-order valence-electron chi connectivity index (χ3n) is 4.45. The van der Waals surface area contributed by atoms with E-state index >= 15 is 0 Å². The topological polar surface area (TPSA) is 25.2 Å². The number of hydrogen-bond donors (Lipinski definition) is 1. The van der Waals surface area contributed by atoms with Gasteiger partial charge in [-0.25, -0.2) is 0 Å². The zero-order chi connectivity index (χ0) is 13.8. The Bertz CT molecular complexity index is 512. The molecule has 2 nitrogen and oxygen atoms in total. The number of hydrogen-bond acceptors (Lipinski definition) is 2. The van der Waals surface area contributed by atoms with Crippen LogP contribution in [0.1, 0.15) is 57.1 Å². The van der Waals surface area contributed by atoms with Gasteiger partial charge < -0.3 is 9.73 Å². The van der Waals surface area contributed by atoms with Crippen LogP contribution in [0.4, 0.5) is 0 Å². The van der Waals surface area contributed by atoms with Crippen molar-refractivity contribution in [2.75, 3.05) is 6.54 Å². The highest BCUT2D eigenvalue weighted by molar-refractivity contribution is 5.77. The van der Waals surface area contributed by atoms with Crippen LogP contribution in [0.25, 0.3) is 11.0 Å². The minimum Gasteiger partial charge on any atom is -0.461 e. The van der Waals surface area contributed by atoms with Crippen LogP contribution in [-0.4, -0.2) is 12.6 Å². The first-order chi connectivity index (χ1) is 9.86. The molecular weight excluding hydrogens is 246 g/mol. The molecule has 2 atom stereocenters. The first-order valence-electron chi connectivity index (χ1n) is 8.08. The number of benzene rings is 1. The van der Waals surface area contributed by atoms with Gasteiger partial charge in [-0.3, -0.25) is 0 Å². The molecule has 2 heteroatoms. The highest BCUT2D eigenvalue weighted by Gasteiger charge is 2.23. The first-order valence-corrected chi connectivity index (χ1v) is 8.08. The number of furan rings is 1. The van der Waals surface area contributed by atoms with E-state index in [1.807, 2.05) is 6.07 Å². The van der Waals surface area contributed by atoms with Crippen LogP contribution in [0, 0.1) is 0 Å². The van der Waals surface area contributed by atoms with E-state index in [1.54, 1.807) is 0 Å². The summed E-state index contributed by atoms with van der Waals surface area (Å²) in [5, 5.41) is 4.94. The molecule has 1 aromatic heterocycles. The first kappa shape index (κ1) is 13.7. The van der Waals surface area contributed by atoms with Gasteiger partial charge in [0, 0.05) is 17.3 Å². The van der Waals surface area contributed by atoms with Crippen molar-refractivity contribution in [1.29, 1.82) is 0 Å². The summed E-state index contributed by atoms with van der Waals surface area (Å²) in [6.07, 6.45) is 7.69. The number of nitrogens with one attached hydrogen (secondary N) is 1. The Labute approximate surface area is 121 Å². The second-order valence-corrected chi connectivity index (χ2v) is 6.05. The summed E-state index contributed by atoms with van der Waals surface area (Å²) in [4.78, 5) is 0. The lowest BCUT2D eigenvalue weighted by molar-refractivity contribution is 0.402. The minimum absolute atomic E-state index is 0.583. The molecule has 1 aliphatic rings. The Morgan fingerprint density at radius 1 is 1.20 bits per heavy atom. The Hall–Kier alpha value is -1.28. The van der Waals surface area contributed by atoms with Crippen LogP contribution < -0.4 is 5.32 Å². The second-order valence-electron chi connectivity index (χ2n) is 6.05. The van der Waals surface area contributed by atoms with Gasteiger partial charge in [0.25, 0.3) is 0 Å². The molecule has 1 N–H and O–H groups in total. The summed E-state index contributed by atoms with van der Waals surface area (Å²) in [6.45, 7) is 3.37. The lowest BCUT2D eigenvalue weighted by atomic mass is 9.95. The molecule has 20 heavy (non-hydrogen) atoms. The Balaban J connectivity index is 1.76. The maximum absolute atomic E-state index is 6.09. The highest BCUT2D eigenvalue weighted by Crippen LogP contribution is 2.34. The zero-order valence-electron chi connectivity index (χ0n) is 12.4. The predicted octanol–water partition coefficient (Wildman–Crippen LogP) is 4.85. The van der Waals surface area contributed by atoms with Crippen molar-refractivity contribution in [1.82, 2.24) is 5.32 Å². The zero-order valence-corrected chi connectivity index (χ0v) is 12.4. The highest BCUT2D eigenvalue weighted by atomic mass is 16.3. The molecule has 1 heterocycles. The van der Waals surface area contributed by atoms with Gasteiger partial charge >= 0.3 is 0 Å². The molecule has 1 aromatic carbocycles. The molecule has 3 rings (SSSR count). The van der Waals surface area contributed by atoms with Gasteiger partial charge in [-0.05, 0) is 44.4 Å². The maximum Gasteiger partial charge on any atom is 0.134 e. The molecule has 1 aliphatic carbocycles. The summed E-state index contributed by atoms with van der Waals surface area (Å²) in [5.74, 6) is 1.77. The van der Waals surface area contributed by atoms with Crippen molar-refractivity contribution >= 4 is 11.0 Å². The average molecular weight is 271 g/mol. The summed E-state index contributed by atoms with van der Waals surface area (Å²) >= 11 is 0. The number of para-hydroxylation sites is 1. The standard InChI is InChI=1S/C18H25NO/c1-2-11-19-16-9-5-3-7-14(12-16)18-13-15-8-4-6-10-17(15)20-18/h4,6,8,10,13-14,16,19H,2-3,5,7,9,11-12H2,1H3. The largest absolute Gasteiger partial charge is 0.461 e. The Kier molecular flexibility index (Phi) is 4.41. The van der Waals surface area contributed by atoms with Crippen LogP contribution in [0.2, 0.25) is 0 Å². The van der Waals surface area contributed by atoms with E-state index in [1.165, 1.54) is 49.7 Å². The monoisotopic (exact) mass is 271 g/mol. The van der Waals surface area contributed by atoms with Crippen molar-refractivity contribution in [2.45, 2.75) is 57.4 Å². The van der Waals surface area contributed by atoms with Crippen LogP contribution in [-0.2, 0) is 0 Å². The molecule has 2 aromatic rings. The molecule has 1 fully saturated rings. The van der Waals surface area contributed by atoms with Crippen molar-refractivity contribution in [3.8, 4) is 0 Å². The molecular formula is C18H25NO. The maximum atomic E-state index is 6.09. The van der Waals surface area contributed by atoms with Gasteiger partial charge in [0.1, 0.15) is 11.3 Å². The quantitative estimate of drug-likeness (QED) is 0.804. The Morgan fingerprint density at radius 2 is 2.05 bits per heavy atom. The molecule has 2 unspecified atom stereocenters. The van der Waals surface area contributed by atoms with E-state index in [9.17, 15) is 0 Å². The van der Waals surface area contributed by atoms with E-state index in [0.717, 1.165) is 12.1 Å². The second kappa shape index (κ2) is 6.45. The van der Waals surface area contributed by atoms with Crippen molar-refractivity contribution in [3.05, 3.63) is 36.1 Å². The van der Waals surface area contributed by atoms with Crippen LogP contribution in [0.5, 0.6) is 0 Å². The van der Waals surface area contributed by atoms with Crippen LogP contribution in [0.15, 0.2) is 34.7 Å². The average Bonchev–Trinajstić information content (AvgIpc) is 2.76. The molecule has 0 aliphatic heterocycles. The summed E-state index contributed by atoms with van der Waals surface area (Å²) in [5.41, 5.74) is 1.03. The van der Waals surface area contributed by atoms with Crippen molar-refractivity contribution < 1.29 is 4.42 Å². The predicted molar refractivity (Wildman–Crippen MR) is 84.1 cm³/mol.